The SMILES string of the molecule is O=C(O)C(F)(F)F.O=C(O)c1cccc(C#Cc2ccncc2)c1-c1cc(O)cc(Cl)c1. The average Bonchev–Trinajstić information content (AvgIpc) is 2.71. The minimum absolute atomic E-state index is 0.0456. The number of carboxylic acids is 2. The molecule has 3 aromatic rings. The van der Waals surface area contributed by atoms with Gasteiger partial charge in [0.2, 0.25) is 0 Å². The van der Waals surface area contributed by atoms with Crippen molar-refractivity contribution in [1.82, 2.24) is 4.98 Å². The molecule has 0 aliphatic carbocycles. The fourth-order valence-electron chi connectivity index (χ4n) is 2.44. The zero-order valence-corrected chi connectivity index (χ0v) is 16.6. The molecule has 1 aromatic heterocycles. The van der Waals surface area contributed by atoms with Crippen LogP contribution < -0.4 is 0 Å². The van der Waals surface area contributed by atoms with Crippen LogP contribution in [0.5, 0.6) is 5.75 Å². The summed E-state index contributed by atoms with van der Waals surface area (Å²) in [6, 6.07) is 12.8. The summed E-state index contributed by atoms with van der Waals surface area (Å²) in [7, 11) is 0. The van der Waals surface area contributed by atoms with E-state index in [1.165, 1.54) is 18.2 Å². The summed E-state index contributed by atoms with van der Waals surface area (Å²) < 4.78 is 31.7. The summed E-state index contributed by atoms with van der Waals surface area (Å²) in [5, 5.41) is 26.8. The fraction of sp³-hybridized carbons (Fsp3) is 0.0455. The minimum atomic E-state index is -5.08. The zero-order chi connectivity index (χ0) is 23.9. The molecule has 3 N–H and O–H groups in total. The van der Waals surface area contributed by atoms with E-state index in [9.17, 15) is 28.2 Å². The first-order chi connectivity index (χ1) is 15.0. The van der Waals surface area contributed by atoms with Crippen LogP contribution in [0.15, 0.2) is 60.9 Å². The predicted octanol–water partition coefficient (Wildman–Crippen LogP) is 4.84. The second-order valence-electron chi connectivity index (χ2n) is 6.02. The minimum Gasteiger partial charge on any atom is -0.508 e. The molecule has 6 nitrogen and oxygen atoms in total. The van der Waals surface area contributed by atoms with Crippen molar-refractivity contribution in [2.45, 2.75) is 6.18 Å². The number of hydrogen-bond acceptors (Lipinski definition) is 4. The number of aromatic nitrogens is 1. The van der Waals surface area contributed by atoms with Crippen molar-refractivity contribution in [3.63, 3.8) is 0 Å². The lowest BCUT2D eigenvalue weighted by molar-refractivity contribution is -0.192. The van der Waals surface area contributed by atoms with Crippen molar-refractivity contribution >= 4 is 23.5 Å². The highest BCUT2D eigenvalue weighted by Crippen LogP contribution is 2.32. The van der Waals surface area contributed by atoms with Crippen LogP contribution in [0.1, 0.15) is 21.5 Å². The number of aromatic carboxylic acids is 1. The predicted molar refractivity (Wildman–Crippen MR) is 109 cm³/mol. The van der Waals surface area contributed by atoms with Crippen molar-refractivity contribution in [1.29, 1.82) is 0 Å². The lowest BCUT2D eigenvalue weighted by atomic mass is 9.94. The van der Waals surface area contributed by atoms with Gasteiger partial charge in [-0.15, -0.1) is 0 Å². The number of hydrogen-bond donors (Lipinski definition) is 3. The van der Waals surface area contributed by atoms with E-state index in [1.54, 1.807) is 42.7 Å². The molecule has 1 heterocycles. The van der Waals surface area contributed by atoms with Gasteiger partial charge in [-0.3, -0.25) is 4.98 Å². The van der Waals surface area contributed by atoms with Gasteiger partial charge in [-0.1, -0.05) is 29.5 Å². The number of alkyl halides is 3. The molecule has 0 bridgehead atoms. The molecule has 3 rings (SSSR count). The second kappa shape index (κ2) is 10.3. The van der Waals surface area contributed by atoms with Gasteiger partial charge in [-0.05, 0) is 48.0 Å². The first-order valence-electron chi connectivity index (χ1n) is 8.57. The molecule has 0 radical (unpaired) electrons. The lowest BCUT2D eigenvalue weighted by Crippen LogP contribution is -2.21. The Balaban J connectivity index is 0.000000451. The third kappa shape index (κ3) is 6.75. The fourth-order valence-corrected chi connectivity index (χ4v) is 2.67. The number of pyridine rings is 1. The van der Waals surface area contributed by atoms with E-state index in [4.69, 9.17) is 21.5 Å². The van der Waals surface area contributed by atoms with Crippen LogP contribution in [0.2, 0.25) is 5.02 Å². The summed E-state index contributed by atoms with van der Waals surface area (Å²) in [5.41, 5.74) is 2.27. The van der Waals surface area contributed by atoms with Gasteiger partial charge in [0.05, 0.1) is 5.56 Å². The van der Waals surface area contributed by atoms with Crippen LogP contribution in [0.4, 0.5) is 13.2 Å². The van der Waals surface area contributed by atoms with Crippen molar-refractivity contribution < 1.29 is 38.1 Å². The lowest BCUT2D eigenvalue weighted by Gasteiger charge is -2.10. The maximum atomic E-state index is 11.6. The number of rotatable bonds is 2. The summed E-state index contributed by atoms with van der Waals surface area (Å²) >= 11 is 6.01. The molecule has 0 amide bonds. The number of aliphatic carboxylic acids is 1. The van der Waals surface area contributed by atoms with E-state index in [1.807, 2.05) is 0 Å². The van der Waals surface area contributed by atoms with Gasteiger partial charge in [0.15, 0.2) is 0 Å². The van der Waals surface area contributed by atoms with Gasteiger partial charge in [-0.2, -0.15) is 13.2 Å². The van der Waals surface area contributed by atoms with Gasteiger partial charge in [-0.25, -0.2) is 9.59 Å². The average molecular weight is 464 g/mol. The molecule has 0 aliphatic rings. The molecule has 0 atom stereocenters. The Kier molecular flexibility index (Phi) is 7.82. The summed E-state index contributed by atoms with van der Waals surface area (Å²) in [6.45, 7) is 0. The smallest absolute Gasteiger partial charge is 0.490 e. The van der Waals surface area contributed by atoms with Gasteiger partial charge in [0.25, 0.3) is 0 Å². The molecule has 32 heavy (non-hydrogen) atoms. The molecule has 0 aliphatic heterocycles. The van der Waals surface area contributed by atoms with Gasteiger partial charge in [0.1, 0.15) is 5.75 Å². The first kappa shape index (κ1) is 24.2. The Morgan fingerprint density at radius 3 is 2.12 bits per heavy atom. The van der Waals surface area contributed by atoms with Crippen molar-refractivity contribution in [3.05, 3.63) is 82.6 Å². The van der Waals surface area contributed by atoms with Crippen LogP contribution in [0.3, 0.4) is 0 Å². The topological polar surface area (TPSA) is 108 Å². The number of carbonyl (C=O) groups is 2. The number of aromatic hydroxyl groups is 1. The maximum absolute atomic E-state index is 11.6. The highest BCUT2D eigenvalue weighted by atomic mass is 35.5. The van der Waals surface area contributed by atoms with Crippen LogP contribution in [0, 0.1) is 11.8 Å². The molecular formula is C22H13ClF3NO5. The number of phenolic OH excluding ortho intramolecular Hbond substituents is 1. The van der Waals surface area contributed by atoms with Crippen molar-refractivity contribution in [2.75, 3.05) is 0 Å². The zero-order valence-electron chi connectivity index (χ0n) is 15.9. The molecule has 164 valence electrons. The van der Waals surface area contributed by atoms with E-state index < -0.39 is 18.1 Å². The van der Waals surface area contributed by atoms with Crippen LogP contribution in [0.25, 0.3) is 11.1 Å². The highest BCUT2D eigenvalue weighted by Gasteiger charge is 2.38. The third-order valence-electron chi connectivity index (χ3n) is 3.73. The Hall–Kier alpha value is -4.03. The molecule has 0 saturated heterocycles. The standard InChI is InChI=1S/C20H12ClNO3.C2HF3O2/c21-16-10-15(11-17(23)12-16)19-14(2-1-3-18(19)20(24)25)5-4-13-6-8-22-9-7-13;3-2(4,5)1(6)7/h1-3,6-12,23H,(H,24,25);(H,6,7). The Bertz CT molecular complexity index is 1180. The quantitative estimate of drug-likeness (QED) is 0.469. The van der Waals surface area contributed by atoms with Crippen molar-refractivity contribution in [3.8, 4) is 28.7 Å². The van der Waals surface area contributed by atoms with E-state index in [2.05, 4.69) is 16.8 Å². The molecular weight excluding hydrogens is 451 g/mol. The Labute approximate surface area is 184 Å². The van der Waals surface area contributed by atoms with E-state index in [0.717, 1.165) is 5.56 Å². The normalized spacial score (nSPS) is 10.2. The van der Waals surface area contributed by atoms with Crippen LogP contribution in [-0.4, -0.2) is 38.4 Å². The molecule has 0 unspecified atom stereocenters. The van der Waals surface area contributed by atoms with Crippen LogP contribution >= 0.6 is 11.6 Å². The summed E-state index contributed by atoms with van der Waals surface area (Å²) in [4.78, 5) is 24.5. The second-order valence-corrected chi connectivity index (χ2v) is 6.46. The number of benzene rings is 2. The van der Waals surface area contributed by atoms with E-state index >= 15 is 0 Å². The first-order valence-corrected chi connectivity index (χ1v) is 8.95. The van der Waals surface area contributed by atoms with E-state index in [-0.39, 0.29) is 11.3 Å². The number of carboxylic acid groups (broad SMARTS) is 2. The van der Waals surface area contributed by atoms with Gasteiger partial charge < -0.3 is 15.3 Å². The summed E-state index contributed by atoms with van der Waals surface area (Å²) in [5.74, 6) is 2.10. The molecule has 10 heteroatoms. The highest BCUT2D eigenvalue weighted by molar-refractivity contribution is 6.31. The van der Waals surface area contributed by atoms with Gasteiger partial charge in [0, 0.05) is 34.1 Å². The Morgan fingerprint density at radius 2 is 1.59 bits per heavy atom. The van der Waals surface area contributed by atoms with E-state index in [0.29, 0.717) is 21.7 Å². The van der Waals surface area contributed by atoms with Crippen LogP contribution in [-0.2, 0) is 4.79 Å². The number of phenols is 1. The van der Waals surface area contributed by atoms with Gasteiger partial charge >= 0.3 is 18.1 Å². The Morgan fingerprint density at radius 1 is 0.969 bits per heavy atom. The van der Waals surface area contributed by atoms with Crippen molar-refractivity contribution in [2.24, 2.45) is 0 Å². The molecule has 0 saturated carbocycles. The molecule has 0 spiro atoms. The molecule has 0 fully saturated rings. The maximum Gasteiger partial charge on any atom is 0.490 e. The largest absolute Gasteiger partial charge is 0.508 e. The monoisotopic (exact) mass is 463 g/mol. The molecule has 2 aromatic carbocycles. The third-order valence-corrected chi connectivity index (χ3v) is 3.95. The summed E-state index contributed by atoms with van der Waals surface area (Å²) in [6.07, 6.45) is -1.82. The number of halogens is 4. The number of nitrogens with zero attached hydrogens (tertiary/aromatic N) is 1.